The highest BCUT2D eigenvalue weighted by atomic mass is 79.9. The van der Waals surface area contributed by atoms with Gasteiger partial charge in [0.15, 0.2) is 0 Å². The Labute approximate surface area is 123 Å². The topological polar surface area (TPSA) is 25.2 Å². The van der Waals surface area contributed by atoms with Gasteiger partial charge in [-0.1, -0.05) is 42.3 Å². The summed E-state index contributed by atoms with van der Waals surface area (Å²) in [4.78, 5) is 0. The number of furan rings is 1. The normalized spacial score (nSPS) is 11.4. The van der Waals surface area contributed by atoms with Crippen molar-refractivity contribution in [3.8, 4) is 0 Å². The van der Waals surface area contributed by atoms with Gasteiger partial charge in [0.25, 0.3) is 0 Å². The second-order valence-corrected chi connectivity index (χ2v) is 5.85. The largest absolute Gasteiger partial charge is 0.459 e. The lowest BCUT2D eigenvalue weighted by molar-refractivity contribution is 0.505. The summed E-state index contributed by atoms with van der Waals surface area (Å²) in [6, 6.07) is 4.23. The number of aryl methyl sites for hydroxylation is 2. The first-order chi connectivity index (χ1) is 9.19. The quantitative estimate of drug-likeness (QED) is 0.760. The van der Waals surface area contributed by atoms with Gasteiger partial charge in [0, 0.05) is 15.4 Å². The molecule has 0 bridgehead atoms. The summed E-state index contributed by atoms with van der Waals surface area (Å²) in [6.07, 6.45) is 3.35. The van der Waals surface area contributed by atoms with Crippen molar-refractivity contribution in [3.63, 3.8) is 0 Å². The Morgan fingerprint density at radius 1 is 1.21 bits per heavy atom. The van der Waals surface area contributed by atoms with Crippen LogP contribution in [0, 0.1) is 6.92 Å². The smallest absolute Gasteiger partial charge is 0.138 e. The Bertz CT molecular complexity index is 559. The van der Waals surface area contributed by atoms with Crippen LogP contribution < -0.4 is 5.32 Å². The maximum absolute atomic E-state index is 6.12. The average molecular weight is 324 g/mol. The lowest BCUT2D eigenvalue weighted by Crippen LogP contribution is -2.14. The Kier molecular flexibility index (Phi) is 5.06. The van der Waals surface area contributed by atoms with Crippen LogP contribution in [0.3, 0.4) is 0 Å². The van der Waals surface area contributed by atoms with Crippen LogP contribution in [0.15, 0.2) is 21.0 Å². The number of fused-ring (bicyclic) bond motifs is 1. The molecule has 2 nitrogen and oxygen atoms in total. The monoisotopic (exact) mass is 323 g/mol. The zero-order valence-corrected chi connectivity index (χ0v) is 13.6. The van der Waals surface area contributed by atoms with Crippen LogP contribution in [0.5, 0.6) is 0 Å². The Balaban J connectivity index is 2.47. The highest BCUT2D eigenvalue weighted by Crippen LogP contribution is 2.35. The number of hydrogen-bond acceptors (Lipinski definition) is 2. The third kappa shape index (κ3) is 3.03. The first kappa shape index (κ1) is 14.6. The second kappa shape index (κ2) is 6.58. The summed E-state index contributed by atoms with van der Waals surface area (Å²) in [5, 5.41) is 4.70. The summed E-state index contributed by atoms with van der Waals surface area (Å²) in [5.74, 6) is 1.10. The maximum Gasteiger partial charge on any atom is 0.138 e. The summed E-state index contributed by atoms with van der Waals surface area (Å²) >= 11 is 3.67. The van der Waals surface area contributed by atoms with Crippen LogP contribution in [0.4, 0.5) is 0 Å². The van der Waals surface area contributed by atoms with Gasteiger partial charge >= 0.3 is 0 Å². The van der Waals surface area contributed by atoms with Gasteiger partial charge in [-0.15, -0.1) is 0 Å². The minimum absolute atomic E-state index is 0.823. The van der Waals surface area contributed by atoms with Crippen molar-refractivity contribution in [2.24, 2.45) is 0 Å². The zero-order chi connectivity index (χ0) is 13.8. The van der Waals surface area contributed by atoms with Gasteiger partial charge in [0.2, 0.25) is 0 Å². The predicted octanol–water partition coefficient (Wildman–Crippen LogP) is 4.96. The zero-order valence-electron chi connectivity index (χ0n) is 12.0. The molecular weight excluding hydrogens is 302 g/mol. The van der Waals surface area contributed by atoms with E-state index in [2.05, 4.69) is 54.2 Å². The van der Waals surface area contributed by atoms with Crippen molar-refractivity contribution in [1.82, 2.24) is 5.32 Å². The van der Waals surface area contributed by atoms with Crippen molar-refractivity contribution in [1.29, 1.82) is 0 Å². The van der Waals surface area contributed by atoms with Gasteiger partial charge in [-0.25, -0.2) is 0 Å². The van der Waals surface area contributed by atoms with Gasteiger partial charge in [-0.05, 0) is 37.9 Å². The van der Waals surface area contributed by atoms with Crippen LogP contribution in [0.1, 0.15) is 43.6 Å². The van der Waals surface area contributed by atoms with Crippen LogP contribution in [0.25, 0.3) is 11.0 Å². The lowest BCUT2D eigenvalue weighted by atomic mass is 10.0. The molecular formula is C16H22BrNO. The van der Waals surface area contributed by atoms with Gasteiger partial charge in [0.05, 0.1) is 6.54 Å². The van der Waals surface area contributed by atoms with Crippen molar-refractivity contribution in [2.75, 3.05) is 6.54 Å². The maximum atomic E-state index is 6.12. The van der Waals surface area contributed by atoms with E-state index in [0.717, 1.165) is 48.2 Å². The number of rotatable bonds is 6. The third-order valence-electron chi connectivity index (χ3n) is 3.38. The Morgan fingerprint density at radius 2 is 2.00 bits per heavy atom. The molecule has 0 saturated carbocycles. The summed E-state index contributed by atoms with van der Waals surface area (Å²) in [5.41, 5.74) is 3.60. The molecule has 1 N–H and O–H groups in total. The lowest BCUT2D eigenvalue weighted by Gasteiger charge is -2.03. The molecule has 0 unspecified atom stereocenters. The number of hydrogen-bond donors (Lipinski definition) is 1. The summed E-state index contributed by atoms with van der Waals surface area (Å²) in [6.45, 7) is 8.36. The highest BCUT2D eigenvalue weighted by Gasteiger charge is 2.16. The SMILES string of the molecule is CCCNCc1oc2c(C)ccc(Br)c2c1CCC. The average Bonchev–Trinajstić information content (AvgIpc) is 2.75. The van der Waals surface area contributed by atoms with Crippen LogP contribution in [0.2, 0.25) is 0 Å². The van der Waals surface area contributed by atoms with Crippen molar-refractivity contribution >= 4 is 26.9 Å². The number of benzene rings is 1. The van der Waals surface area contributed by atoms with Crippen LogP contribution in [-0.4, -0.2) is 6.54 Å². The Morgan fingerprint density at radius 3 is 2.68 bits per heavy atom. The molecule has 0 amide bonds. The van der Waals surface area contributed by atoms with E-state index in [4.69, 9.17) is 4.42 Å². The second-order valence-electron chi connectivity index (χ2n) is 5.00. The van der Waals surface area contributed by atoms with Crippen LogP contribution >= 0.6 is 15.9 Å². The highest BCUT2D eigenvalue weighted by molar-refractivity contribution is 9.10. The van der Waals surface area contributed by atoms with E-state index >= 15 is 0 Å². The van der Waals surface area contributed by atoms with E-state index in [9.17, 15) is 0 Å². The standard InChI is InChI=1S/C16H22BrNO/c1-4-6-12-14(10-18-9-5-2)19-16-11(3)7-8-13(17)15(12)16/h7-8,18H,4-6,9-10H2,1-3H3. The molecule has 0 radical (unpaired) electrons. The predicted molar refractivity (Wildman–Crippen MR) is 84.6 cm³/mol. The fraction of sp³-hybridized carbons (Fsp3) is 0.500. The minimum Gasteiger partial charge on any atom is -0.459 e. The Hall–Kier alpha value is -0.800. The molecule has 1 aromatic carbocycles. The van der Waals surface area contributed by atoms with E-state index in [1.807, 2.05) is 0 Å². The molecule has 0 aliphatic rings. The molecule has 19 heavy (non-hydrogen) atoms. The van der Waals surface area contributed by atoms with Gasteiger partial charge in [-0.2, -0.15) is 0 Å². The van der Waals surface area contributed by atoms with E-state index in [1.54, 1.807) is 0 Å². The first-order valence-electron chi connectivity index (χ1n) is 7.09. The molecule has 0 spiro atoms. The van der Waals surface area contributed by atoms with Crippen LogP contribution in [-0.2, 0) is 13.0 Å². The number of nitrogens with one attached hydrogen (secondary N) is 1. The van der Waals surface area contributed by atoms with Gasteiger partial charge in [-0.3, -0.25) is 0 Å². The summed E-state index contributed by atoms with van der Waals surface area (Å²) in [7, 11) is 0. The van der Waals surface area contributed by atoms with Crippen molar-refractivity contribution < 1.29 is 4.42 Å². The van der Waals surface area contributed by atoms with Crippen molar-refractivity contribution in [2.45, 2.75) is 46.6 Å². The molecule has 2 aromatic rings. The molecule has 104 valence electrons. The van der Waals surface area contributed by atoms with Gasteiger partial charge in [0.1, 0.15) is 11.3 Å². The molecule has 0 saturated heterocycles. The fourth-order valence-electron chi connectivity index (χ4n) is 2.44. The number of halogens is 1. The van der Waals surface area contributed by atoms with E-state index in [1.165, 1.54) is 16.5 Å². The molecule has 0 aliphatic heterocycles. The molecule has 0 fully saturated rings. The first-order valence-corrected chi connectivity index (χ1v) is 7.88. The third-order valence-corrected chi connectivity index (χ3v) is 4.04. The molecule has 0 atom stereocenters. The molecule has 1 aromatic heterocycles. The minimum atomic E-state index is 0.823. The van der Waals surface area contributed by atoms with Gasteiger partial charge < -0.3 is 9.73 Å². The molecule has 1 heterocycles. The fourth-order valence-corrected chi connectivity index (χ4v) is 2.99. The molecule has 3 heteroatoms. The van der Waals surface area contributed by atoms with Crippen molar-refractivity contribution in [3.05, 3.63) is 33.5 Å². The summed E-state index contributed by atoms with van der Waals surface area (Å²) < 4.78 is 7.26. The van der Waals surface area contributed by atoms with E-state index < -0.39 is 0 Å². The molecule has 0 aliphatic carbocycles. The molecule has 2 rings (SSSR count). The van der Waals surface area contributed by atoms with E-state index in [-0.39, 0.29) is 0 Å². The van der Waals surface area contributed by atoms with E-state index in [0.29, 0.717) is 0 Å².